The number of hydrogen-bond acceptors (Lipinski definition) is 4. The van der Waals surface area contributed by atoms with Gasteiger partial charge in [-0.1, -0.05) is 13.8 Å². The van der Waals surface area contributed by atoms with Gasteiger partial charge < -0.3 is 16.4 Å². The van der Waals surface area contributed by atoms with Gasteiger partial charge in [0.2, 0.25) is 5.91 Å². The molecule has 6 heteroatoms. The van der Waals surface area contributed by atoms with E-state index in [1.165, 1.54) is 0 Å². The molecular weight excluding hydrogens is 230 g/mol. The Labute approximate surface area is 107 Å². The minimum atomic E-state index is -0.292. The molecule has 1 aliphatic heterocycles. The van der Waals surface area contributed by atoms with E-state index >= 15 is 0 Å². The molecule has 2 rings (SSSR count). The normalized spacial score (nSPS) is 19.8. The van der Waals surface area contributed by atoms with Crippen molar-refractivity contribution >= 4 is 17.4 Å². The molecule has 0 saturated carbocycles. The van der Waals surface area contributed by atoms with E-state index < -0.39 is 0 Å². The van der Waals surface area contributed by atoms with Crippen molar-refractivity contribution in [2.75, 3.05) is 17.2 Å². The first-order valence-corrected chi connectivity index (χ1v) is 6.31. The van der Waals surface area contributed by atoms with Crippen LogP contribution in [0.5, 0.6) is 0 Å². The largest absolute Gasteiger partial charge is 0.394 e. The monoisotopic (exact) mass is 251 g/mol. The van der Waals surface area contributed by atoms with Crippen molar-refractivity contribution in [3.63, 3.8) is 0 Å². The fraction of sp³-hybridized carbons (Fsp3) is 0.667. The van der Waals surface area contributed by atoms with Gasteiger partial charge in [0.15, 0.2) is 5.82 Å². The maximum Gasteiger partial charge on any atom is 0.240 e. The average molecular weight is 251 g/mol. The van der Waals surface area contributed by atoms with Crippen LogP contribution in [0.4, 0.5) is 11.5 Å². The Morgan fingerprint density at radius 2 is 2.17 bits per heavy atom. The van der Waals surface area contributed by atoms with Crippen molar-refractivity contribution in [2.45, 2.75) is 38.6 Å². The number of rotatable bonds is 3. The highest BCUT2D eigenvalue weighted by molar-refractivity contribution is 5.85. The molecule has 1 atom stereocenters. The fourth-order valence-corrected chi connectivity index (χ4v) is 2.63. The predicted molar refractivity (Wildman–Crippen MR) is 71.3 cm³/mol. The molecule has 0 bridgehead atoms. The Morgan fingerprint density at radius 3 is 2.67 bits per heavy atom. The van der Waals surface area contributed by atoms with Crippen LogP contribution in [0.25, 0.3) is 0 Å². The molecule has 1 aromatic heterocycles. The lowest BCUT2D eigenvalue weighted by atomic mass is 10.1. The molecule has 0 radical (unpaired) electrons. The molecule has 1 aliphatic rings. The van der Waals surface area contributed by atoms with E-state index in [1.807, 2.05) is 11.9 Å². The van der Waals surface area contributed by atoms with Crippen molar-refractivity contribution in [1.29, 1.82) is 0 Å². The van der Waals surface area contributed by atoms with E-state index in [4.69, 9.17) is 11.5 Å². The third kappa shape index (κ3) is 1.91. The van der Waals surface area contributed by atoms with Gasteiger partial charge in [0.05, 0.1) is 11.4 Å². The molecule has 0 spiro atoms. The van der Waals surface area contributed by atoms with Gasteiger partial charge in [-0.15, -0.1) is 0 Å². The zero-order valence-corrected chi connectivity index (χ0v) is 11.2. The number of aryl methyl sites for hydroxylation is 1. The third-order valence-electron chi connectivity index (χ3n) is 3.48. The van der Waals surface area contributed by atoms with Crippen LogP contribution in [0.1, 0.15) is 38.3 Å². The first-order chi connectivity index (χ1) is 8.43. The zero-order chi connectivity index (χ0) is 13.4. The second-order valence-electron chi connectivity index (χ2n) is 5.15. The maximum absolute atomic E-state index is 11.5. The lowest BCUT2D eigenvalue weighted by Crippen LogP contribution is -2.41. The van der Waals surface area contributed by atoms with E-state index in [0.717, 1.165) is 30.9 Å². The van der Waals surface area contributed by atoms with E-state index in [2.05, 4.69) is 18.9 Å². The topological polar surface area (TPSA) is 90.2 Å². The van der Waals surface area contributed by atoms with Crippen molar-refractivity contribution in [1.82, 2.24) is 9.78 Å². The summed E-state index contributed by atoms with van der Waals surface area (Å²) >= 11 is 0. The second-order valence-corrected chi connectivity index (χ2v) is 5.15. The number of nitrogens with zero attached hydrogens (tertiary/aromatic N) is 3. The molecule has 1 saturated heterocycles. The number of hydrogen-bond donors (Lipinski definition) is 2. The van der Waals surface area contributed by atoms with E-state index in [-0.39, 0.29) is 17.9 Å². The van der Waals surface area contributed by atoms with Crippen LogP contribution in [-0.4, -0.2) is 28.3 Å². The molecule has 1 fully saturated rings. The van der Waals surface area contributed by atoms with E-state index in [9.17, 15) is 4.79 Å². The van der Waals surface area contributed by atoms with E-state index in [0.29, 0.717) is 5.69 Å². The number of amides is 1. The quantitative estimate of drug-likeness (QED) is 0.822. The van der Waals surface area contributed by atoms with Gasteiger partial charge in [-0.05, 0) is 18.8 Å². The molecule has 1 aromatic rings. The van der Waals surface area contributed by atoms with Crippen LogP contribution in [-0.2, 0) is 11.8 Å². The summed E-state index contributed by atoms with van der Waals surface area (Å²) in [6, 6.07) is -0.261. The number of anilines is 2. The van der Waals surface area contributed by atoms with Gasteiger partial charge in [-0.3, -0.25) is 9.48 Å². The minimum Gasteiger partial charge on any atom is -0.394 e. The first-order valence-electron chi connectivity index (χ1n) is 6.31. The highest BCUT2D eigenvalue weighted by atomic mass is 16.1. The molecule has 1 amide bonds. The van der Waals surface area contributed by atoms with Gasteiger partial charge in [0.25, 0.3) is 0 Å². The van der Waals surface area contributed by atoms with Crippen molar-refractivity contribution in [3.8, 4) is 0 Å². The second kappa shape index (κ2) is 4.51. The summed E-state index contributed by atoms with van der Waals surface area (Å²) in [5.74, 6) is 0.791. The molecule has 6 nitrogen and oxygen atoms in total. The minimum absolute atomic E-state index is 0.261. The predicted octanol–water partition coefficient (Wildman–Crippen LogP) is 0.580. The Bertz CT molecular complexity index is 465. The summed E-state index contributed by atoms with van der Waals surface area (Å²) in [5, 5.41) is 4.45. The number of nitrogens with two attached hydrogens (primary N) is 2. The lowest BCUT2D eigenvalue weighted by Gasteiger charge is -2.24. The highest BCUT2D eigenvalue weighted by Gasteiger charge is 2.33. The summed E-state index contributed by atoms with van der Waals surface area (Å²) in [4.78, 5) is 13.4. The molecule has 4 N–H and O–H groups in total. The number of primary amides is 1. The average Bonchev–Trinajstić information content (AvgIpc) is 2.83. The third-order valence-corrected chi connectivity index (χ3v) is 3.48. The summed E-state index contributed by atoms with van der Waals surface area (Å²) in [6.07, 6.45) is 1.74. The molecule has 100 valence electrons. The first kappa shape index (κ1) is 12.7. The van der Waals surface area contributed by atoms with Gasteiger partial charge >= 0.3 is 0 Å². The molecule has 2 heterocycles. The Kier molecular flexibility index (Phi) is 3.19. The standard InChI is InChI=1S/C12H21N5O/c1-7(2)10-9(13)12(16(3)15-10)17-6-4-5-8(17)11(14)18/h7-8H,4-6,13H2,1-3H3,(H2,14,18). The number of aromatic nitrogens is 2. The molecule has 0 aromatic carbocycles. The molecule has 0 aliphatic carbocycles. The Morgan fingerprint density at radius 1 is 1.50 bits per heavy atom. The van der Waals surface area contributed by atoms with E-state index in [1.54, 1.807) is 4.68 Å². The maximum atomic E-state index is 11.5. The SMILES string of the molecule is CC(C)c1nn(C)c(N2CCCC2C(N)=O)c1N. The van der Waals surface area contributed by atoms with Crippen LogP contribution in [0, 0.1) is 0 Å². The highest BCUT2D eigenvalue weighted by Crippen LogP contribution is 2.34. The van der Waals surface area contributed by atoms with Crippen molar-refractivity contribution < 1.29 is 4.79 Å². The summed E-state index contributed by atoms with van der Waals surface area (Å²) < 4.78 is 1.76. The number of carbonyl (C=O) groups is 1. The van der Waals surface area contributed by atoms with Crippen LogP contribution in [0.3, 0.4) is 0 Å². The van der Waals surface area contributed by atoms with Crippen LogP contribution in [0.2, 0.25) is 0 Å². The van der Waals surface area contributed by atoms with Crippen molar-refractivity contribution in [3.05, 3.63) is 5.69 Å². The van der Waals surface area contributed by atoms with Gasteiger partial charge in [0, 0.05) is 13.6 Å². The van der Waals surface area contributed by atoms with Crippen LogP contribution >= 0.6 is 0 Å². The number of nitrogen functional groups attached to an aromatic ring is 1. The van der Waals surface area contributed by atoms with Gasteiger partial charge in [-0.2, -0.15) is 5.10 Å². The van der Waals surface area contributed by atoms with Gasteiger partial charge in [0.1, 0.15) is 6.04 Å². The Hall–Kier alpha value is -1.72. The molecular formula is C12H21N5O. The van der Waals surface area contributed by atoms with Crippen LogP contribution in [0.15, 0.2) is 0 Å². The summed E-state index contributed by atoms with van der Waals surface area (Å²) in [7, 11) is 1.86. The summed E-state index contributed by atoms with van der Waals surface area (Å²) in [6.45, 7) is 4.91. The lowest BCUT2D eigenvalue weighted by molar-refractivity contribution is -0.119. The molecule has 18 heavy (non-hydrogen) atoms. The molecule has 1 unspecified atom stereocenters. The number of carbonyl (C=O) groups excluding carboxylic acids is 1. The Balaban J connectivity index is 2.42. The fourth-order valence-electron chi connectivity index (χ4n) is 2.63. The zero-order valence-electron chi connectivity index (χ0n) is 11.2. The smallest absolute Gasteiger partial charge is 0.240 e. The van der Waals surface area contributed by atoms with Crippen molar-refractivity contribution in [2.24, 2.45) is 12.8 Å². The van der Waals surface area contributed by atoms with Crippen LogP contribution < -0.4 is 16.4 Å². The summed E-state index contributed by atoms with van der Waals surface area (Å²) in [5.41, 5.74) is 13.2. The van der Waals surface area contributed by atoms with Gasteiger partial charge in [-0.25, -0.2) is 0 Å².